The lowest BCUT2D eigenvalue weighted by molar-refractivity contribution is -0.139. The summed E-state index contributed by atoms with van der Waals surface area (Å²) in [5.41, 5.74) is 5.53. The molecule has 0 radical (unpaired) electrons. The van der Waals surface area contributed by atoms with Crippen molar-refractivity contribution in [3.8, 4) is 0 Å². The fraction of sp³-hybridized carbons (Fsp3) is 0.857. The Morgan fingerprint density at radius 1 is 1.50 bits per heavy atom. The van der Waals surface area contributed by atoms with Gasteiger partial charge in [-0.1, -0.05) is 19.8 Å². The summed E-state index contributed by atoms with van der Waals surface area (Å²) < 4.78 is 0. The van der Waals surface area contributed by atoms with Crippen LogP contribution < -0.4 is 11.1 Å². The van der Waals surface area contributed by atoms with E-state index in [-0.39, 0.29) is 17.9 Å². The number of hydrogen-bond acceptors (Lipinski definition) is 4. The van der Waals surface area contributed by atoms with E-state index < -0.39 is 12.0 Å². The molecule has 6 heteroatoms. The molecule has 3 atom stereocenters. The van der Waals surface area contributed by atoms with Crippen molar-refractivity contribution in [2.24, 2.45) is 11.7 Å². The minimum atomic E-state index is -1.05. The van der Waals surface area contributed by atoms with Crippen LogP contribution >= 0.6 is 0 Å². The Hall–Kier alpha value is -1.14. The van der Waals surface area contributed by atoms with Gasteiger partial charge in [0.25, 0.3) is 0 Å². The minimum Gasteiger partial charge on any atom is -0.481 e. The smallest absolute Gasteiger partial charge is 0.305 e. The van der Waals surface area contributed by atoms with Crippen molar-refractivity contribution in [1.29, 1.82) is 0 Å². The lowest BCUT2D eigenvalue weighted by atomic mass is 9.75. The van der Waals surface area contributed by atoms with E-state index in [2.05, 4.69) is 17.1 Å². The van der Waals surface area contributed by atoms with Crippen LogP contribution in [0, 0.1) is 5.92 Å². The van der Waals surface area contributed by atoms with E-state index in [1.165, 1.54) is 6.42 Å². The fourth-order valence-electron chi connectivity index (χ4n) is 3.02. The number of hydrogen-bond donors (Lipinski definition) is 3. The number of carboxylic acid groups (broad SMARTS) is 1. The summed E-state index contributed by atoms with van der Waals surface area (Å²) in [4.78, 5) is 24.6. The number of likely N-dealkylation sites (N-methyl/N-ethyl adjacent to an activating group) is 1. The summed E-state index contributed by atoms with van der Waals surface area (Å²) in [6.45, 7) is 2.76. The zero-order chi connectivity index (χ0) is 15.3. The number of rotatable bonds is 6. The normalized spacial score (nSPS) is 28.1. The molecule has 0 spiro atoms. The van der Waals surface area contributed by atoms with Crippen molar-refractivity contribution in [1.82, 2.24) is 10.2 Å². The first-order valence-corrected chi connectivity index (χ1v) is 7.19. The first-order chi connectivity index (χ1) is 9.27. The molecular formula is C14H27N3O3. The number of nitrogens with zero attached hydrogens (tertiary/aromatic N) is 1. The second-order valence-electron chi connectivity index (χ2n) is 6.24. The van der Waals surface area contributed by atoms with Crippen molar-refractivity contribution in [3.05, 3.63) is 0 Å². The number of carbonyl (C=O) groups is 2. The van der Waals surface area contributed by atoms with Gasteiger partial charge in [-0.2, -0.15) is 0 Å². The van der Waals surface area contributed by atoms with Gasteiger partial charge in [-0.15, -0.1) is 0 Å². The average Bonchev–Trinajstić information content (AvgIpc) is 2.34. The Bertz CT molecular complexity index is 360. The van der Waals surface area contributed by atoms with Gasteiger partial charge in [-0.05, 0) is 32.9 Å². The lowest BCUT2D eigenvalue weighted by Crippen LogP contribution is -2.56. The molecule has 116 valence electrons. The molecule has 0 heterocycles. The summed E-state index contributed by atoms with van der Waals surface area (Å²) in [6, 6.07) is -0.979. The van der Waals surface area contributed by atoms with E-state index in [1.54, 1.807) is 0 Å². The summed E-state index contributed by atoms with van der Waals surface area (Å²) in [7, 11) is 4.06. The molecule has 0 aromatic heterocycles. The van der Waals surface area contributed by atoms with E-state index in [4.69, 9.17) is 10.8 Å². The number of carbonyl (C=O) groups excluding carboxylic acids is 1. The van der Waals surface area contributed by atoms with Crippen LogP contribution in [0.2, 0.25) is 0 Å². The standard InChI is InChI=1S/C14H27N3O3/c1-10-5-4-6-14(8-10,17(2)3)9-16-13(20)11(15)7-12(18)19/h10-11H,4-9,15H2,1-3H3,(H,16,20)(H,18,19). The Balaban J connectivity index is 2.59. The minimum absolute atomic E-state index is 0.0454. The molecule has 6 nitrogen and oxygen atoms in total. The second kappa shape index (κ2) is 7.04. The van der Waals surface area contributed by atoms with Crippen LogP contribution in [-0.4, -0.2) is 54.1 Å². The maximum atomic E-state index is 11.8. The largest absolute Gasteiger partial charge is 0.481 e. The third-order valence-electron chi connectivity index (χ3n) is 4.34. The third kappa shape index (κ3) is 4.45. The highest BCUT2D eigenvalue weighted by molar-refractivity contribution is 5.85. The monoisotopic (exact) mass is 285 g/mol. The van der Waals surface area contributed by atoms with Crippen LogP contribution in [0.3, 0.4) is 0 Å². The highest BCUT2D eigenvalue weighted by Gasteiger charge is 2.37. The van der Waals surface area contributed by atoms with Gasteiger partial charge in [-0.3, -0.25) is 9.59 Å². The van der Waals surface area contributed by atoms with Crippen LogP contribution in [0.5, 0.6) is 0 Å². The molecule has 0 aromatic carbocycles. The van der Waals surface area contributed by atoms with Crippen LogP contribution in [0.1, 0.15) is 39.0 Å². The molecule has 20 heavy (non-hydrogen) atoms. The fourth-order valence-corrected chi connectivity index (χ4v) is 3.02. The number of aliphatic carboxylic acids is 1. The maximum absolute atomic E-state index is 11.8. The van der Waals surface area contributed by atoms with Crippen molar-refractivity contribution in [3.63, 3.8) is 0 Å². The first-order valence-electron chi connectivity index (χ1n) is 7.19. The molecule has 0 aromatic rings. The molecule has 4 N–H and O–H groups in total. The third-order valence-corrected chi connectivity index (χ3v) is 4.34. The maximum Gasteiger partial charge on any atom is 0.305 e. The molecule has 1 aliphatic rings. The van der Waals surface area contributed by atoms with Crippen molar-refractivity contribution in [2.45, 2.75) is 50.6 Å². The van der Waals surface area contributed by atoms with Crippen LogP contribution in [-0.2, 0) is 9.59 Å². The van der Waals surface area contributed by atoms with Crippen molar-refractivity contribution in [2.75, 3.05) is 20.6 Å². The van der Waals surface area contributed by atoms with Gasteiger partial charge < -0.3 is 21.1 Å². The SMILES string of the molecule is CC1CCCC(CNC(=O)C(N)CC(=O)O)(N(C)C)C1. The molecule has 0 aliphatic heterocycles. The molecule has 1 aliphatic carbocycles. The van der Waals surface area contributed by atoms with E-state index in [9.17, 15) is 9.59 Å². The molecule has 0 saturated heterocycles. The van der Waals surface area contributed by atoms with Crippen LogP contribution in [0.4, 0.5) is 0 Å². The van der Waals surface area contributed by atoms with E-state index in [0.717, 1.165) is 19.3 Å². The summed E-state index contributed by atoms with van der Waals surface area (Å²) in [5.74, 6) is -0.802. The van der Waals surface area contributed by atoms with Gasteiger partial charge in [0.15, 0.2) is 0 Å². The number of amides is 1. The van der Waals surface area contributed by atoms with Crippen LogP contribution in [0.25, 0.3) is 0 Å². The molecule has 0 bridgehead atoms. The first kappa shape index (κ1) is 16.9. The molecule has 1 rings (SSSR count). The van der Waals surface area contributed by atoms with E-state index in [1.807, 2.05) is 14.1 Å². The van der Waals surface area contributed by atoms with Gasteiger partial charge in [-0.25, -0.2) is 0 Å². The Labute approximate surface area is 120 Å². The highest BCUT2D eigenvalue weighted by atomic mass is 16.4. The zero-order valence-electron chi connectivity index (χ0n) is 12.7. The van der Waals surface area contributed by atoms with Gasteiger partial charge in [0.05, 0.1) is 12.5 Å². The molecular weight excluding hydrogens is 258 g/mol. The Kier molecular flexibility index (Phi) is 5.95. The Morgan fingerprint density at radius 2 is 2.15 bits per heavy atom. The molecule has 1 saturated carbocycles. The number of nitrogens with two attached hydrogens (primary N) is 1. The van der Waals surface area contributed by atoms with Gasteiger partial charge >= 0.3 is 5.97 Å². The predicted octanol–water partition coefficient (Wildman–Crippen LogP) is 0.415. The average molecular weight is 285 g/mol. The van der Waals surface area contributed by atoms with E-state index >= 15 is 0 Å². The quantitative estimate of drug-likeness (QED) is 0.657. The molecule has 1 fully saturated rings. The van der Waals surface area contributed by atoms with Gasteiger partial charge in [0.1, 0.15) is 0 Å². The zero-order valence-corrected chi connectivity index (χ0v) is 12.7. The van der Waals surface area contributed by atoms with E-state index in [0.29, 0.717) is 12.5 Å². The molecule has 1 amide bonds. The lowest BCUT2D eigenvalue weighted by Gasteiger charge is -2.45. The van der Waals surface area contributed by atoms with Crippen molar-refractivity contribution >= 4 is 11.9 Å². The number of carboxylic acids is 1. The summed E-state index contributed by atoms with van der Waals surface area (Å²) in [6.07, 6.45) is 4.11. The topological polar surface area (TPSA) is 95.7 Å². The Morgan fingerprint density at radius 3 is 2.65 bits per heavy atom. The van der Waals surface area contributed by atoms with Crippen LogP contribution in [0.15, 0.2) is 0 Å². The number of nitrogens with one attached hydrogen (secondary N) is 1. The second-order valence-corrected chi connectivity index (χ2v) is 6.24. The predicted molar refractivity (Wildman–Crippen MR) is 77.3 cm³/mol. The van der Waals surface area contributed by atoms with Crippen molar-refractivity contribution < 1.29 is 14.7 Å². The summed E-state index contributed by atoms with van der Waals surface area (Å²) in [5, 5.41) is 11.5. The highest BCUT2D eigenvalue weighted by Crippen LogP contribution is 2.35. The summed E-state index contributed by atoms with van der Waals surface area (Å²) >= 11 is 0. The van der Waals surface area contributed by atoms with Gasteiger partial charge in [0, 0.05) is 12.1 Å². The van der Waals surface area contributed by atoms with Gasteiger partial charge in [0.2, 0.25) is 5.91 Å². The molecule has 3 unspecified atom stereocenters.